The van der Waals surface area contributed by atoms with E-state index in [1.54, 1.807) is 0 Å². The van der Waals surface area contributed by atoms with E-state index in [9.17, 15) is 4.79 Å². The average Bonchev–Trinajstić information content (AvgIpc) is 2.25. The molecule has 1 rings (SSSR count). The third kappa shape index (κ3) is 5.15. The molecule has 0 radical (unpaired) electrons. The van der Waals surface area contributed by atoms with Crippen molar-refractivity contribution < 1.29 is 9.53 Å². The third-order valence-electron chi connectivity index (χ3n) is 2.47. The van der Waals surface area contributed by atoms with E-state index in [1.807, 2.05) is 21.6 Å². The molecule has 0 saturated carbocycles. The molecule has 0 unspecified atom stereocenters. The van der Waals surface area contributed by atoms with Gasteiger partial charge >= 0.3 is 5.97 Å². The molecule has 1 saturated heterocycles. The Bertz CT molecular complexity index is 168. The van der Waals surface area contributed by atoms with Crippen LogP contribution in [-0.2, 0) is 9.53 Å². The summed E-state index contributed by atoms with van der Waals surface area (Å²) in [5.74, 6) is 3.41. The van der Waals surface area contributed by atoms with E-state index >= 15 is 0 Å². The van der Waals surface area contributed by atoms with Crippen LogP contribution in [0.3, 0.4) is 0 Å². The van der Waals surface area contributed by atoms with Crippen molar-refractivity contribution in [3.8, 4) is 0 Å². The van der Waals surface area contributed by atoms with Crippen LogP contribution in [0.25, 0.3) is 0 Å². The fourth-order valence-electron chi connectivity index (χ4n) is 1.53. The second kappa shape index (κ2) is 7.46. The summed E-state index contributed by atoms with van der Waals surface area (Å²) in [5.41, 5.74) is 0. The normalized spacial score (nSPS) is 21.9. The van der Waals surface area contributed by atoms with Crippen molar-refractivity contribution in [2.75, 3.05) is 18.6 Å². The lowest BCUT2D eigenvalue weighted by Gasteiger charge is -2.20. The number of hydrogen-bond acceptors (Lipinski definition) is 4. The zero-order valence-electron chi connectivity index (χ0n) is 8.66. The Morgan fingerprint density at radius 2 is 2.29 bits per heavy atom. The van der Waals surface area contributed by atoms with Crippen LogP contribution in [0.1, 0.15) is 32.1 Å². The number of carbonyl (C=O) groups is 1. The van der Waals surface area contributed by atoms with Gasteiger partial charge in [-0.05, 0) is 25.2 Å². The van der Waals surface area contributed by atoms with Gasteiger partial charge in [-0.3, -0.25) is 4.79 Å². The van der Waals surface area contributed by atoms with Gasteiger partial charge in [-0.25, -0.2) is 0 Å². The second-order valence-corrected chi connectivity index (χ2v) is 6.21. The summed E-state index contributed by atoms with van der Waals surface area (Å²) in [6.07, 6.45) is 5.39. The van der Waals surface area contributed by atoms with Gasteiger partial charge in [-0.1, -0.05) is 28.0 Å². The van der Waals surface area contributed by atoms with Gasteiger partial charge in [-0.2, -0.15) is 0 Å². The van der Waals surface area contributed by atoms with Crippen LogP contribution < -0.4 is 0 Å². The minimum atomic E-state index is -0.0708. The number of carbonyl (C=O) groups excluding carboxylic acids is 1. The Morgan fingerprint density at radius 3 is 2.93 bits per heavy atom. The van der Waals surface area contributed by atoms with E-state index in [4.69, 9.17) is 0 Å². The summed E-state index contributed by atoms with van der Waals surface area (Å²) in [4.78, 5) is 10.8. The standard InChI is InChI=1S/C10H18O2S2/c1-12-10(11)5-3-2-4-9-6-7-13-14-8-9/h9H,2-8H2,1H3/t9-/m0/s1. The highest BCUT2D eigenvalue weighted by Gasteiger charge is 2.13. The van der Waals surface area contributed by atoms with Gasteiger partial charge in [0.2, 0.25) is 0 Å². The maximum Gasteiger partial charge on any atom is 0.305 e. The van der Waals surface area contributed by atoms with E-state index in [0.29, 0.717) is 6.42 Å². The quantitative estimate of drug-likeness (QED) is 0.415. The number of rotatable bonds is 5. The molecule has 82 valence electrons. The third-order valence-corrected chi connectivity index (χ3v) is 5.05. The summed E-state index contributed by atoms with van der Waals surface area (Å²) >= 11 is 0. The summed E-state index contributed by atoms with van der Waals surface area (Å²) in [6, 6.07) is 0. The molecule has 2 nitrogen and oxygen atoms in total. The minimum Gasteiger partial charge on any atom is -0.469 e. The molecule has 0 spiro atoms. The fraction of sp³-hybridized carbons (Fsp3) is 0.900. The minimum absolute atomic E-state index is 0.0708. The van der Waals surface area contributed by atoms with E-state index in [1.165, 1.54) is 37.9 Å². The van der Waals surface area contributed by atoms with Gasteiger partial charge in [0, 0.05) is 17.9 Å². The molecule has 1 aliphatic heterocycles. The van der Waals surface area contributed by atoms with Crippen molar-refractivity contribution in [3.05, 3.63) is 0 Å². The molecule has 1 atom stereocenters. The maximum atomic E-state index is 10.8. The number of hydrogen-bond donors (Lipinski definition) is 0. The summed E-state index contributed by atoms with van der Waals surface area (Å²) in [5, 5.41) is 0. The van der Waals surface area contributed by atoms with E-state index < -0.39 is 0 Å². The van der Waals surface area contributed by atoms with Crippen LogP contribution in [0.5, 0.6) is 0 Å². The maximum absolute atomic E-state index is 10.8. The van der Waals surface area contributed by atoms with Crippen molar-refractivity contribution in [1.29, 1.82) is 0 Å². The number of unbranched alkanes of at least 4 members (excludes halogenated alkanes) is 1. The summed E-state index contributed by atoms with van der Waals surface area (Å²) < 4.78 is 4.60. The first kappa shape index (κ1) is 12.2. The smallest absolute Gasteiger partial charge is 0.305 e. The first-order valence-corrected chi connectivity index (χ1v) is 7.63. The first-order valence-electron chi connectivity index (χ1n) is 5.14. The summed E-state index contributed by atoms with van der Waals surface area (Å²) in [6.45, 7) is 0. The van der Waals surface area contributed by atoms with Gasteiger partial charge in [0.1, 0.15) is 0 Å². The fourth-order valence-corrected chi connectivity index (χ4v) is 4.21. The molecule has 1 heterocycles. The lowest BCUT2D eigenvalue weighted by atomic mass is 10.0. The molecule has 0 aromatic heterocycles. The van der Waals surface area contributed by atoms with Crippen LogP contribution in [0.2, 0.25) is 0 Å². The molecule has 0 N–H and O–H groups in total. The van der Waals surface area contributed by atoms with Crippen LogP contribution >= 0.6 is 21.6 Å². The summed E-state index contributed by atoms with van der Waals surface area (Å²) in [7, 11) is 5.44. The van der Waals surface area contributed by atoms with E-state index in [0.717, 1.165) is 12.3 Å². The van der Waals surface area contributed by atoms with Crippen LogP contribution in [-0.4, -0.2) is 24.6 Å². The number of ether oxygens (including phenoxy) is 1. The van der Waals surface area contributed by atoms with Crippen molar-refractivity contribution >= 4 is 27.6 Å². The Kier molecular flexibility index (Phi) is 6.52. The van der Waals surface area contributed by atoms with Crippen molar-refractivity contribution in [2.45, 2.75) is 32.1 Å². The lowest BCUT2D eigenvalue weighted by molar-refractivity contribution is -0.140. The van der Waals surface area contributed by atoms with Crippen LogP contribution in [0, 0.1) is 5.92 Å². The Morgan fingerprint density at radius 1 is 1.43 bits per heavy atom. The van der Waals surface area contributed by atoms with Gasteiger partial charge < -0.3 is 4.74 Å². The molecule has 4 heteroatoms. The number of esters is 1. The highest BCUT2D eigenvalue weighted by atomic mass is 33.1. The molecule has 0 bridgehead atoms. The van der Waals surface area contributed by atoms with E-state index in [-0.39, 0.29) is 5.97 Å². The largest absolute Gasteiger partial charge is 0.469 e. The van der Waals surface area contributed by atoms with Gasteiger partial charge in [0.15, 0.2) is 0 Å². The van der Waals surface area contributed by atoms with Crippen LogP contribution in [0.4, 0.5) is 0 Å². The highest BCUT2D eigenvalue weighted by molar-refractivity contribution is 8.76. The van der Waals surface area contributed by atoms with Crippen molar-refractivity contribution in [3.63, 3.8) is 0 Å². The lowest BCUT2D eigenvalue weighted by Crippen LogP contribution is -2.09. The van der Waals surface area contributed by atoms with Gasteiger partial charge in [0.05, 0.1) is 7.11 Å². The molecule has 14 heavy (non-hydrogen) atoms. The molecule has 1 aliphatic rings. The molecule has 0 aromatic rings. The van der Waals surface area contributed by atoms with Crippen LogP contribution in [0.15, 0.2) is 0 Å². The predicted octanol–water partition coefficient (Wildman–Crippen LogP) is 3.12. The highest BCUT2D eigenvalue weighted by Crippen LogP contribution is 2.34. The Labute approximate surface area is 93.9 Å². The van der Waals surface area contributed by atoms with Gasteiger partial charge in [-0.15, -0.1) is 0 Å². The molecule has 0 amide bonds. The molecular formula is C10H18O2S2. The number of methoxy groups -OCH3 is 1. The average molecular weight is 234 g/mol. The second-order valence-electron chi connectivity index (χ2n) is 3.58. The Balaban J connectivity index is 1.94. The van der Waals surface area contributed by atoms with Gasteiger partial charge in [0.25, 0.3) is 0 Å². The predicted molar refractivity (Wildman–Crippen MR) is 63.5 cm³/mol. The molecule has 1 fully saturated rings. The monoisotopic (exact) mass is 234 g/mol. The zero-order valence-corrected chi connectivity index (χ0v) is 10.3. The molecule has 0 aliphatic carbocycles. The topological polar surface area (TPSA) is 26.3 Å². The molecule has 0 aromatic carbocycles. The Hall–Kier alpha value is 0.170. The van der Waals surface area contributed by atoms with Crippen molar-refractivity contribution in [2.24, 2.45) is 5.92 Å². The zero-order chi connectivity index (χ0) is 10.2. The molecular weight excluding hydrogens is 216 g/mol. The van der Waals surface area contributed by atoms with E-state index in [2.05, 4.69) is 4.74 Å². The SMILES string of the molecule is COC(=O)CCCC[C@H]1CCSSC1. The van der Waals surface area contributed by atoms with Crippen molar-refractivity contribution in [1.82, 2.24) is 0 Å². The first-order chi connectivity index (χ1) is 6.83.